The Morgan fingerprint density at radius 1 is 1.25 bits per heavy atom. The van der Waals surface area contributed by atoms with E-state index >= 15 is 0 Å². The van der Waals surface area contributed by atoms with Crippen molar-refractivity contribution in [3.63, 3.8) is 0 Å². The van der Waals surface area contributed by atoms with Crippen molar-refractivity contribution in [2.24, 2.45) is 5.92 Å². The molecule has 0 radical (unpaired) electrons. The quantitative estimate of drug-likeness (QED) is 0.694. The third-order valence-electron chi connectivity index (χ3n) is 4.02. The van der Waals surface area contributed by atoms with E-state index in [0.717, 1.165) is 6.42 Å². The number of carboxylic acid groups (broad SMARTS) is 1. The molecular weight excluding hydrogens is 312 g/mol. The van der Waals surface area contributed by atoms with Crippen molar-refractivity contribution in [3.05, 3.63) is 29.8 Å². The van der Waals surface area contributed by atoms with Gasteiger partial charge >= 0.3 is 5.97 Å². The SMILES string of the molecule is CCOc1ccccc1C(=O)NCC(=O)N[C@@H]1CCC[C@@H]1C(=O)O. The van der Waals surface area contributed by atoms with Gasteiger partial charge in [0, 0.05) is 6.04 Å². The van der Waals surface area contributed by atoms with Crippen LogP contribution >= 0.6 is 0 Å². The molecule has 2 amide bonds. The van der Waals surface area contributed by atoms with Crippen molar-refractivity contribution in [3.8, 4) is 5.75 Å². The summed E-state index contributed by atoms with van der Waals surface area (Å²) in [6.45, 7) is 2.05. The van der Waals surface area contributed by atoms with Crippen LogP contribution < -0.4 is 15.4 Å². The van der Waals surface area contributed by atoms with Gasteiger partial charge in [-0.05, 0) is 31.9 Å². The Bertz CT molecular complexity index is 617. The lowest BCUT2D eigenvalue weighted by Crippen LogP contribution is -2.45. The Kier molecular flexibility index (Phi) is 6.17. The van der Waals surface area contributed by atoms with Gasteiger partial charge in [0.2, 0.25) is 5.91 Å². The highest BCUT2D eigenvalue weighted by molar-refractivity contribution is 5.98. The van der Waals surface area contributed by atoms with Crippen molar-refractivity contribution < 1.29 is 24.2 Å². The van der Waals surface area contributed by atoms with Crippen LogP contribution in [0.1, 0.15) is 36.5 Å². The molecule has 7 heteroatoms. The molecule has 2 rings (SSSR count). The summed E-state index contributed by atoms with van der Waals surface area (Å²) in [6, 6.07) is 6.42. The summed E-state index contributed by atoms with van der Waals surface area (Å²) >= 11 is 0. The number of hydrogen-bond acceptors (Lipinski definition) is 4. The lowest BCUT2D eigenvalue weighted by atomic mass is 10.0. The summed E-state index contributed by atoms with van der Waals surface area (Å²) in [6.07, 6.45) is 1.98. The molecule has 0 saturated heterocycles. The number of benzene rings is 1. The Balaban J connectivity index is 1.88. The fraction of sp³-hybridized carbons (Fsp3) is 0.471. The number of carbonyl (C=O) groups is 3. The fourth-order valence-electron chi connectivity index (χ4n) is 2.88. The summed E-state index contributed by atoms with van der Waals surface area (Å²) in [4.78, 5) is 35.3. The number of para-hydroxylation sites is 1. The zero-order chi connectivity index (χ0) is 17.5. The lowest BCUT2D eigenvalue weighted by molar-refractivity contribution is -0.142. The first-order valence-corrected chi connectivity index (χ1v) is 8.05. The predicted molar refractivity (Wildman–Crippen MR) is 86.9 cm³/mol. The first kappa shape index (κ1) is 17.8. The van der Waals surface area contributed by atoms with Gasteiger partial charge in [-0.3, -0.25) is 14.4 Å². The number of nitrogens with one attached hydrogen (secondary N) is 2. The molecule has 2 atom stereocenters. The van der Waals surface area contributed by atoms with Crippen LogP contribution in [0.2, 0.25) is 0 Å². The van der Waals surface area contributed by atoms with Gasteiger partial charge in [-0.25, -0.2) is 0 Å². The molecular formula is C17H22N2O5. The van der Waals surface area contributed by atoms with Gasteiger partial charge in [-0.2, -0.15) is 0 Å². The van der Waals surface area contributed by atoms with Crippen LogP contribution in [0.3, 0.4) is 0 Å². The number of amides is 2. The third kappa shape index (κ3) is 4.47. The molecule has 1 aliphatic rings. The Morgan fingerprint density at radius 3 is 2.71 bits per heavy atom. The minimum absolute atomic E-state index is 0.206. The average Bonchev–Trinajstić information content (AvgIpc) is 3.02. The van der Waals surface area contributed by atoms with E-state index in [-0.39, 0.29) is 12.6 Å². The van der Waals surface area contributed by atoms with Crippen molar-refractivity contribution in [1.82, 2.24) is 10.6 Å². The van der Waals surface area contributed by atoms with E-state index in [1.54, 1.807) is 24.3 Å². The van der Waals surface area contributed by atoms with E-state index in [1.807, 2.05) is 6.92 Å². The summed E-state index contributed by atoms with van der Waals surface area (Å²) in [5.74, 6) is -1.79. The molecule has 0 bridgehead atoms. The highest BCUT2D eigenvalue weighted by Crippen LogP contribution is 2.25. The first-order chi connectivity index (χ1) is 11.5. The van der Waals surface area contributed by atoms with E-state index in [1.165, 1.54) is 0 Å². The Hall–Kier alpha value is -2.57. The minimum atomic E-state index is -0.896. The smallest absolute Gasteiger partial charge is 0.308 e. The Morgan fingerprint density at radius 2 is 2.00 bits per heavy atom. The average molecular weight is 334 g/mol. The molecule has 0 spiro atoms. The van der Waals surface area contributed by atoms with E-state index in [0.29, 0.717) is 30.8 Å². The summed E-state index contributed by atoms with van der Waals surface area (Å²) < 4.78 is 5.39. The maximum absolute atomic E-state index is 12.2. The monoisotopic (exact) mass is 334 g/mol. The van der Waals surface area contributed by atoms with Crippen LogP contribution in [-0.4, -0.2) is 42.1 Å². The van der Waals surface area contributed by atoms with Gasteiger partial charge in [-0.1, -0.05) is 18.6 Å². The largest absolute Gasteiger partial charge is 0.493 e. The third-order valence-corrected chi connectivity index (χ3v) is 4.02. The molecule has 1 fully saturated rings. The van der Waals surface area contributed by atoms with E-state index < -0.39 is 23.7 Å². The summed E-state index contributed by atoms with van der Waals surface area (Å²) in [5.41, 5.74) is 0.358. The number of rotatable bonds is 7. The molecule has 0 aliphatic heterocycles. The molecule has 1 aromatic carbocycles. The van der Waals surface area contributed by atoms with Crippen molar-refractivity contribution in [2.45, 2.75) is 32.2 Å². The summed E-state index contributed by atoms with van der Waals surface area (Å²) in [5, 5.41) is 14.3. The van der Waals surface area contributed by atoms with Crippen LogP contribution in [0.15, 0.2) is 24.3 Å². The molecule has 24 heavy (non-hydrogen) atoms. The highest BCUT2D eigenvalue weighted by atomic mass is 16.5. The standard InChI is InChI=1S/C17H22N2O5/c1-2-24-14-9-4-3-6-12(14)16(21)18-10-15(20)19-13-8-5-7-11(13)17(22)23/h3-4,6,9,11,13H,2,5,7-8,10H2,1H3,(H,18,21)(H,19,20)(H,22,23)/t11-,13+/m0/s1. The van der Waals surface area contributed by atoms with Crippen molar-refractivity contribution in [1.29, 1.82) is 0 Å². The van der Waals surface area contributed by atoms with Crippen LogP contribution in [0.4, 0.5) is 0 Å². The number of carbonyl (C=O) groups excluding carboxylic acids is 2. The molecule has 1 saturated carbocycles. The van der Waals surface area contributed by atoms with Crippen LogP contribution in [-0.2, 0) is 9.59 Å². The van der Waals surface area contributed by atoms with Gasteiger partial charge < -0.3 is 20.5 Å². The maximum Gasteiger partial charge on any atom is 0.308 e. The van der Waals surface area contributed by atoms with E-state index in [9.17, 15) is 14.4 Å². The molecule has 1 aromatic rings. The maximum atomic E-state index is 12.2. The molecule has 0 heterocycles. The molecule has 130 valence electrons. The van der Waals surface area contributed by atoms with Gasteiger partial charge in [0.25, 0.3) is 5.91 Å². The molecule has 0 aromatic heterocycles. The number of hydrogen-bond donors (Lipinski definition) is 3. The molecule has 7 nitrogen and oxygen atoms in total. The molecule has 3 N–H and O–H groups in total. The molecule has 1 aliphatic carbocycles. The predicted octanol–water partition coefficient (Wildman–Crippen LogP) is 1.18. The van der Waals surface area contributed by atoms with Crippen LogP contribution in [0, 0.1) is 5.92 Å². The zero-order valence-electron chi connectivity index (χ0n) is 13.6. The van der Waals surface area contributed by atoms with Gasteiger partial charge in [0.1, 0.15) is 5.75 Å². The topological polar surface area (TPSA) is 105 Å². The lowest BCUT2D eigenvalue weighted by Gasteiger charge is -2.18. The fourth-order valence-corrected chi connectivity index (χ4v) is 2.88. The second-order valence-corrected chi connectivity index (χ2v) is 5.66. The van der Waals surface area contributed by atoms with Gasteiger partial charge in [0.05, 0.1) is 24.6 Å². The summed E-state index contributed by atoms with van der Waals surface area (Å²) in [7, 11) is 0. The van der Waals surface area contributed by atoms with Crippen LogP contribution in [0.25, 0.3) is 0 Å². The number of ether oxygens (including phenoxy) is 1. The normalized spacial score (nSPS) is 19.5. The van der Waals surface area contributed by atoms with Crippen molar-refractivity contribution in [2.75, 3.05) is 13.2 Å². The zero-order valence-corrected chi connectivity index (χ0v) is 13.6. The van der Waals surface area contributed by atoms with Crippen molar-refractivity contribution >= 4 is 17.8 Å². The first-order valence-electron chi connectivity index (χ1n) is 8.05. The molecule has 0 unspecified atom stereocenters. The Labute approximate surface area is 140 Å². The van der Waals surface area contributed by atoms with Gasteiger partial charge in [0.15, 0.2) is 0 Å². The number of carboxylic acids is 1. The second kappa shape index (κ2) is 8.33. The number of aliphatic carboxylic acids is 1. The van der Waals surface area contributed by atoms with Gasteiger partial charge in [-0.15, -0.1) is 0 Å². The van der Waals surface area contributed by atoms with E-state index in [2.05, 4.69) is 10.6 Å². The highest BCUT2D eigenvalue weighted by Gasteiger charge is 2.33. The second-order valence-electron chi connectivity index (χ2n) is 5.66. The minimum Gasteiger partial charge on any atom is -0.493 e. The van der Waals surface area contributed by atoms with Crippen LogP contribution in [0.5, 0.6) is 5.75 Å². The van der Waals surface area contributed by atoms with E-state index in [4.69, 9.17) is 9.84 Å².